The summed E-state index contributed by atoms with van der Waals surface area (Å²) in [5.74, 6) is 0.617. The molecule has 23 heavy (non-hydrogen) atoms. The molecule has 0 aliphatic carbocycles. The molecular formula is C18H18N2O3. The first-order valence-electron chi connectivity index (χ1n) is 7.49. The molecule has 118 valence electrons. The highest BCUT2D eigenvalue weighted by molar-refractivity contribution is 5.96. The van der Waals surface area contributed by atoms with Crippen LogP contribution < -0.4 is 9.64 Å². The number of methoxy groups -OCH3 is 1. The van der Waals surface area contributed by atoms with E-state index in [2.05, 4.69) is 4.99 Å². The average molecular weight is 310 g/mol. The Balaban J connectivity index is 1.84. The molecule has 5 nitrogen and oxygen atoms in total. The summed E-state index contributed by atoms with van der Waals surface area (Å²) in [6.07, 6.45) is 3.08. The predicted octanol–water partition coefficient (Wildman–Crippen LogP) is 3.28. The van der Waals surface area contributed by atoms with E-state index in [9.17, 15) is 9.90 Å². The van der Waals surface area contributed by atoms with Crippen LogP contribution >= 0.6 is 0 Å². The smallest absolute Gasteiger partial charge is 0.227 e. The molecule has 2 aromatic carbocycles. The van der Waals surface area contributed by atoms with Crippen LogP contribution in [0.3, 0.4) is 0 Å². The predicted molar refractivity (Wildman–Crippen MR) is 89.9 cm³/mol. The first kappa shape index (κ1) is 15.1. The quantitative estimate of drug-likeness (QED) is 0.882. The van der Waals surface area contributed by atoms with E-state index in [-0.39, 0.29) is 11.7 Å². The number of benzene rings is 2. The lowest BCUT2D eigenvalue weighted by Crippen LogP contribution is -2.23. The van der Waals surface area contributed by atoms with Crippen molar-refractivity contribution in [2.24, 2.45) is 4.99 Å². The summed E-state index contributed by atoms with van der Waals surface area (Å²) in [6.45, 7) is 0.753. The molecule has 0 bridgehead atoms. The van der Waals surface area contributed by atoms with Gasteiger partial charge in [0.05, 0.1) is 12.8 Å². The van der Waals surface area contributed by atoms with Gasteiger partial charge < -0.3 is 14.7 Å². The Morgan fingerprint density at radius 2 is 2.09 bits per heavy atom. The number of carbonyl (C=O) groups is 1. The minimum atomic E-state index is 0.0598. The standard InChI is InChI=1S/C18H18N2O3/c1-23-16-8-2-5-13(18(16)22)12-19-14-6-3-7-15(11-14)20-10-4-9-17(20)21/h2-3,5-8,11-12,22H,4,9-10H2,1H3. The van der Waals surface area contributed by atoms with Gasteiger partial charge in [0.2, 0.25) is 5.91 Å². The van der Waals surface area contributed by atoms with Gasteiger partial charge in [-0.3, -0.25) is 9.79 Å². The molecular weight excluding hydrogens is 292 g/mol. The zero-order chi connectivity index (χ0) is 16.2. The third-order valence-corrected chi connectivity index (χ3v) is 3.82. The number of aliphatic imine (C=N–C) groups is 1. The van der Waals surface area contributed by atoms with Crippen molar-refractivity contribution in [3.05, 3.63) is 48.0 Å². The van der Waals surface area contributed by atoms with E-state index in [4.69, 9.17) is 4.74 Å². The third-order valence-electron chi connectivity index (χ3n) is 3.82. The number of para-hydroxylation sites is 1. The van der Waals surface area contributed by atoms with Crippen LogP contribution in [0.1, 0.15) is 18.4 Å². The summed E-state index contributed by atoms with van der Waals surface area (Å²) in [6, 6.07) is 12.7. The largest absolute Gasteiger partial charge is 0.504 e. The Kier molecular flexibility index (Phi) is 4.28. The van der Waals surface area contributed by atoms with Crippen molar-refractivity contribution < 1.29 is 14.6 Å². The molecule has 1 amide bonds. The number of ether oxygens (including phenoxy) is 1. The highest BCUT2D eigenvalue weighted by Gasteiger charge is 2.21. The number of phenolic OH excluding ortho intramolecular Hbond substituents is 1. The van der Waals surface area contributed by atoms with Crippen molar-refractivity contribution in [3.63, 3.8) is 0 Å². The molecule has 1 fully saturated rings. The molecule has 3 rings (SSSR count). The van der Waals surface area contributed by atoms with E-state index in [0.29, 0.717) is 17.7 Å². The van der Waals surface area contributed by atoms with Gasteiger partial charge in [0.15, 0.2) is 11.5 Å². The van der Waals surface area contributed by atoms with E-state index in [1.54, 1.807) is 29.3 Å². The molecule has 1 saturated heterocycles. The zero-order valence-corrected chi connectivity index (χ0v) is 12.9. The maximum Gasteiger partial charge on any atom is 0.227 e. The summed E-state index contributed by atoms with van der Waals surface area (Å²) in [4.78, 5) is 18.0. The topological polar surface area (TPSA) is 62.1 Å². The number of hydrogen-bond acceptors (Lipinski definition) is 4. The molecule has 1 aliphatic heterocycles. The average Bonchev–Trinajstić information content (AvgIpc) is 3.00. The highest BCUT2D eigenvalue weighted by Crippen LogP contribution is 2.29. The number of aromatic hydroxyl groups is 1. The summed E-state index contributed by atoms with van der Waals surface area (Å²) >= 11 is 0. The van der Waals surface area contributed by atoms with Gasteiger partial charge in [-0.25, -0.2) is 0 Å². The van der Waals surface area contributed by atoms with Crippen LogP contribution in [-0.2, 0) is 4.79 Å². The van der Waals surface area contributed by atoms with Crippen molar-refractivity contribution in [3.8, 4) is 11.5 Å². The first-order chi connectivity index (χ1) is 11.2. The fourth-order valence-corrected chi connectivity index (χ4v) is 2.61. The second-order valence-corrected chi connectivity index (χ2v) is 5.33. The van der Waals surface area contributed by atoms with Crippen LogP contribution in [0, 0.1) is 0 Å². The SMILES string of the molecule is COc1cccc(C=Nc2cccc(N3CCCC3=O)c2)c1O. The molecule has 0 spiro atoms. The number of phenols is 1. The fraction of sp³-hybridized carbons (Fsp3) is 0.222. The van der Waals surface area contributed by atoms with Gasteiger partial charge in [0.25, 0.3) is 0 Å². The normalized spacial score (nSPS) is 14.7. The first-order valence-corrected chi connectivity index (χ1v) is 7.49. The molecule has 0 aromatic heterocycles. The van der Waals surface area contributed by atoms with Crippen LogP contribution in [0.2, 0.25) is 0 Å². The summed E-state index contributed by atoms with van der Waals surface area (Å²) in [7, 11) is 1.51. The fourth-order valence-electron chi connectivity index (χ4n) is 2.61. The van der Waals surface area contributed by atoms with Gasteiger partial charge >= 0.3 is 0 Å². The maximum absolute atomic E-state index is 11.8. The Bertz CT molecular complexity index is 756. The molecule has 0 atom stereocenters. The summed E-state index contributed by atoms with van der Waals surface area (Å²) in [5, 5.41) is 10.1. The number of rotatable bonds is 4. The van der Waals surface area contributed by atoms with E-state index in [1.165, 1.54) is 7.11 Å². The summed E-state index contributed by atoms with van der Waals surface area (Å²) < 4.78 is 5.08. The van der Waals surface area contributed by atoms with Gasteiger partial charge in [-0.2, -0.15) is 0 Å². The Morgan fingerprint density at radius 1 is 1.26 bits per heavy atom. The third kappa shape index (κ3) is 3.18. The van der Waals surface area contributed by atoms with E-state index >= 15 is 0 Å². The monoisotopic (exact) mass is 310 g/mol. The van der Waals surface area contributed by atoms with Crippen LogP contribution in [0.15, 0.2) is 47.5 Å². The molecule has 1 aliphatic rings. The second-order valence-electron chi connectivity index (χ2n) is 5.33. The molecule has 5 heteroatoms. The maximum atomic E-state index is 11.8. The molecule has 2 aromatic rings. The van der Waals surface area contributed by atoms with Crippen molar-refractivity contribution >= 4 is 23.5 Å². The molecule has 0 radical (unpaired) electrons. The summed E-state index contributed by atoms with van der Waals surface area (Å²) in [5.41, 5.74) is 2.16. The molecule has 1 N–H and O–H groups in total. The van der Waals surface area contributed by atoms with Crippen LogP contribution in [0.25, 0.3) is 0 Å². The number of amides is 1. The van der Waals surface area contributed by atoms with E-state index in [0.717, 1.165) is 24.3 Å². The lowest BCUT2D eigenvalue weighted by atomic mass is 10.2. The molecule has 0 unspecified atom stereocenters. The molecule has 1 heterocycles. The van der Waals surface area contributed by atoms with Gasteiger partial charge in [0.1, 0.15) is 0 Å². The van der Waals surface area contributed by atoms with Gasteiger partial charge in [0, 0.05) is 30.4 Å². The zero-order valence-electron chi connectivity index (χ0n) is 12.9. The van der Waals surface area contributed by atoms with Crippen LogP contribution in [-0.4, -0.2) is 30.9 Å². The van der Waals surface area contributed by atoms with Crippen LogP contribution in [0.5, 0.6) is 11.5 Å². The minimum Gasteiger partial charge on any atom is -0.504 e. The number of hydrogen-bond donors (Lipinski definition) is 1. The van der Waals surface area contributed by atoms with Crippen molar-refractivity contribution in [2.45, 2.75) is 12.8 Å². The van der Waals surface area contributed by atoms with Crippen molar-refractivity contribution in [1.82, 2.24) is 0 Å². The van der Waals surface area contributed by atoms with Crippen molar-refractivity contribution in [1.29, 1.82) is 0 Å². The highest BCUT2D eigenvalue weighted by atomic mass is 16.5. The van der Waals surface area contributed by atoms with Crippen molar-refractivity contribution in [2.75, 3.05) is 18.6 Å². The Hall–Kier alpha value is -2.82. The lowest BCUT2D eigenvalue weighted by molar-refractivity contribution is -0.117. The van der Waals surface area contributed by atoms with Gasteiger partial charge in [-0.15, -0.1) is 0 Å². The van der Waals surface area contributed by atoms with E-state index < -0.39 is 0 Å². The Labute approximate surface area is 134 Å². The van der Waals surface area contributed by atoms with Gasteiger partial charge in [-0.05, 0) is 36.8 Å². The number of carbonyl (C=O) groups excluding carboxylic acids is 1. The molecule has 0 saturated carbocycles. The number of anilines is 1. The van der Waals surface area contributed by atoms with Crippen LogP contribution in [0.4, 0.5) is 11.4 Å². The Morgan fingerprint density at radius 3 is 2.83 bits per heavy atom. The minimum absolute atomic E-state index is 0.0598. The lowest BCUT2D eigenvalue weighted by Gasteiger charge is -2.15. The van der Waals surface area contributed by atoms with Gasteiger partial charge in [-0.1, -0.05) is 12.1 Å². The van der Waals surface area contributed by atoms with E-state index in [1.807, 2.05) is 24.3 Å². The number of nitrogens with zero attached hydrogens (tertiary/aromatic N) is 2. The second kappa shape index (κ2) is 6.52.